The first-order valence-corrected chi connectivity index (χ1v) is 10.0. The average molecular weight is 415 g/mol. The lowest BCUT2D eigenvalue weighted by molar-refractivity contribution is -0.139. The van der Waals surface area contributed by atoms with Crippen LogP contribution in [0, 0.1) is 25.2 Å². The van der Waals surface area contributed by atoms with Crippen LogP contribution in [0.25, 0.3) is 6.08 Å². The Morgan fingerprint density at radius 1 is 1.14 bits per heavy atom. The van der Waals surface area contributed by atoms with E-state index in [9.17, 15) is 13.2 Å². The summed E-state index contributed by atoms with van der Waals surface area (Å²) in [5, 5.41) is 8.64. The molecule has 0 amide bonds. The number of nitrogens with zero attached hydrogens (tertiary/aromatic N) is 1. The number of benzene rings is 2. The van der Waals surface area contributed by atoms with Crippen LogP contribution in [-0.2, 0) is 19.6 Å². The molecule has 2 aromatic carbocycles. The van der Waals surface area contributed by atoms with Gasteiger partial charge in [-0.2, -0.15) is 13.7 Å². The summed E-state index contributed by atoms with van der Waals surface area (Å²) in [6.45, 7) is 4.94. The van der Waals surface area contributed by atoms with Crippen molar-refractivity contribution in [3.63, 3.8) is 0 Å². The Kier molecular flexibility index (Phi) is 7.02. The van der Waals surface area contributed by atoms with Gasteiger partial charge in [0, 0.05) is 6.08 Å². The van der Waals surface area contributed by atoms with Crippen molar-refractivity contribution in [2.45, 2.75) is 31.8 Å². The fraction of sp³-hybridized carbons (Fsp3) is 0.238. The fourth-order valence-corrected chi connectivity index (χ4v) is 3.66. The van der Waals surface area contributed by atoms with Gasteiger partial charge < -0.3 is 13.7 Å². The molecule has 0 saturated heterocycles. The highest BCUT2D eigenvalue weighted by atomic mass is 32.2. The number of hydrogen-bond donors (Lipinski definition) is 0. The van der Waals surface area contributed by atoms with E-state index in [0.717, 1.165) is 11.6 Å². The van der Waals surface area contributed by atoms with Crippen LogP contribution in [0.2, 0.25) is 0 Å². The van der Waals surface area contributed by atoms with E-state index in [1.807, 2.05) is 6.07 Å². The molecule has 0 N–H and O–H groups in total. The van der Waals surface area contributed by atoms with Crippen LogP contribution < -0.4 is 8.92 Å². The van der Waals surface area contributed by atoms with Gasteiger partial charge in [-0.3, -0.25) is 0 Å². The number of methoxy groups -OCH3 is 1. The van der Waals surface area contributed by atoms with Crippen molar-refractivity contribution in [1.82, 2.24) is 0 Å². The molecule has 0 radical (unpaired) electrons. The predicted octanol–water partition coefficient (Wildman–Crippen LogP) is 3.55. The van der Waals surface area contributed by atoms with Gasteiger partial charge in [0.1, 0.15) is 11.0 Å². The highest BCUT2D eigenvalue weighted by Gasteiger charge is 2.21. The molecule has 0 aromatic heterocycles. The molecule has 8 heteroatoms. The highest BCUT2D eigenvalue weighted by Crippen LogP contribution is 2.32. The average Bonchev–Trinajstić information content (AvgIpc) is 2.68. The number of carbonyl (C=O) groups excluding carboxylic acids is 1. The van der Waals surface area contributed by atoms with Crippen molar-refractivity contribution >= 4 is 22.2 Å². The quantitative estimate of drug-likeness (QED) is 0.387. The van der Waals surface area contributed by atoms with Crippen molar-refractivity contribution in [2.75, 3.05) is 7.11 Å². The van der Waals surface area contributed by atoms with E-state index in [2.05, 4.69) is 0 Å². The van der Waals surface area contributed by atoms with Crippen LogP contribution in [0.4, 0.5) is 0 Å². The summed E-state index contributed by atoms with van der Waals surface area (Å²) in [5.41, 5.74) is 1.92. The number of aryl methyl sites for hydroxylation is 2. The first kappa shape index (κ1) is 22.0. The van der Waals surface area contributed by atoms with Gasteiger partial charge in [-0.05, 0) is 61.7 Å². The van der Waals surface area contributed by atoms with E-state index in [4.69, 9.17) is 18.9 Å². The zero-order valence-electron chi connectivity index (χ0n) is 16.5. The molecule has 0 aliphatic carbocycles. The maximum Gasteiger partial charge on any atom is 0.339 e. The normalized spacial score (nSPS) is 12.2. The Bertz CT molecular complexity index is 1080. The third kappa shape index (κ3) is 5.83. The Morgan fingerprint density at radius 2 is 1.86 bits per heavy atom. The van der Waals surface area contributed by atoms with Crippen LogP contribution in [-0.4, -0.2) is 27.6 Å². The van der Waals surface area contributed by atoms with Gasteiger partial charge >= 0.3 is 16.1 Å². The zero-order valence-corrected chi connectivity index (χ0v) is 17.3. The Hall–Kier alpha value is -3.31. The topological polar surface area (TPSA) is 103 Å². The van der Waals surface area contributed by atoms with Gasteiger partial charge in [-0.1, -0.05) is 18.2 Å². The molecule has 152 valence electrons. The van der Waals surface area contributed by atoms with E-state index >= 15 is 0 Å². The third-order valence-electron chi connectivity index (χ3n) is 3.89. The van der Waals surface area contributed by atoms with E-state index in [-0.39, 0.29) is 16.4 Å². The molecule has 0 heterocycles. The van der Waals surface area contributed by atoms with Crippen molar-refractivity contribution in [3.8, 4) is 17.6 Å². The molecular formula is C21H21NO6S. The van der Waals surface area contributed by atoms with Crippen molar-refractivity contribution < 1.29 is 26.9 Å². The Morgan fingerprint density at radius 3 is 2.52 bits per heavy atom. The second kappa shape index (κ2) is 9.26. The summed E-state index contributed by atoms with van der Waals surface area (Å²) in [4.78, 5) is 11.7. The van der Waals surface area contributed by atoms with Crippen molar-refractivity contribution in [3.05, 3.63) is 59.2 Å². The Balaban J connectivity index is 2.26. The van der Waals surface area contributed by atoms with Crippen LogP contribution in [0.15, 0.2) is 47.4 Å². The number of esters is 1. The number of hydrogen-bond acceptors (Lipinski definition) is 7. The standard InChI is InChI=1S/C21H21NO6S/c1-14-5-6-15(2)20(11-14)29(24,25)28-18-9-7-17(12-19(18)26-4)8-10-21(23)27-16(3)13-22/h5-12,16H,1-4H3/b10-8+/t16-/m1/s1. The van der Waals surface area contributed by atoms with Gasteiger partial charge in [0.05, 0.1) is 7.11 Å². The van der Waals surface area contributed by atoms with Crippen LogP contribution >= 0.6 is 0 Å². The fourth-order valence-electron chi connectivity index (χ4n) is 2.40. The van der Waals surface area contributed by atoms with E-state index in [1.165, 1.54) is 32.2 Å². The number of nitriles is 1. The maximum absolute atomic E-state index is 12.7. The molecule has 2 aromatic rings. The van der Waals surface area contributed by atoms with Crippen molar-refractivity contribution in [1.29, 1.82) is 5.26 Å². The van der Waals surface area contributed by atoms with Crippen molar-refractivity contribution in [2.24, 2.45) is 0 Å². The second-order valence-corrected chi connectivity index (χ2v) is 7.77. The largest absolute Gasteiger partial charge is 0.493 e. The summed E-state index contributed by atoms with van der Waals surface area (Å²) in [6, 6.07) is 11.4. The molecular weight excluding hydrogens is 394 g/mol. The summed E-state index contributed by atoms with van der Waals surface area (Å²) >= 11 is 0. The van der Waals surface area contributed by atoms with Gasteiger partial charge in [0.2, 0.25) is 0 Å². The second-order valence-electron chi connectivity index (χ2n) is 6.26. The van der Waals surface area contributed by atoms with Gasteiger partial charge in [0.15, 0.2) is 17.6 Å². The molecule has 0 fully saturated rings. The lowest BCUT2D eigenvalue weighted by atomic mass is 10.2. The molecule has 0 aliphatic rings. The maximum atomic E-state index is 12.7. The minimum Gasteiger partial charge on any atom is -0.493 e. The highest BCUT2D eigenvalue weighted by molar-refractivity contribution is 7.87. The molecule has 0 bridgehead atoms. The number of carbonyl (C=O) groups is 1. The van der Waals surface area contributed by atoms with Crippen LogP contribution in [0.3, 0.4) is 0 Å². The lowest BCUT2D eigenvalue weighted by Gasteiger charge is -2.13. The Labute approximate surface area is 170 Å². The van der Waals surface area contributed by atoms with E-state index in [1.54, 1.807) is 38.1 Å². The first-order valence-electron chi connectivity index (χ1n) is 8.64. The molecule has 0 aliphatic heterocycles. The molecule has 7 nitrogen and oxygen atoms in total. The molecule has 0 saturated carbocycles. The molecule has 0 unspecified atom stereocenters. The van der Waals surface area contributed by atoms with E-state index < -0.39 is 22.2 Å². The first-order chi connectivity index (χ1) is 13.7. The number of ether oxygens (including phenoxy) is 2. The molecule has 0 spiro atoms. The molecule has 29 heavy (non-hydrogen) atoms. The zero-order chi connectivity index (χ0) is 21.6. The predicted molar refractivity (Wildman–Crippen MR) is 107 cm³/mol. The smallest absolute Gasteiger partial charge is 0.339 e. The summed E-state index contributed by atoms with van der Waals surface area (Å²) in [5.74, 6) is -0.470. The summed E-state index contributed by atoms with van der Waals surface area (Å²) in [7, 11) is -2.68. The van der Waals surface area contributed by atoms with E-state index in [0.29, 0.717) is 11.1 Å². The minimum atomic E-state index is -4.06. The summed E-state index contributed by atoms with van der Waals surface area (Å²) < 4.78 is 40.7. The molecule has 2 rings (SSSR count). The van der Waals surface area contributed by atoms with Gasteiger partial charge in [-0.25, -0.2) is 4.79 Å². The van der Waals surface area contributed by atoms with Gasteiger partial charge in [0.25, 0.3) is 0 Å². The summed E-state index contributed by atoms with van der Waals surface area (Å²) in [6.07, 6.45) is 1.77. The third-order valence-corrected chi connectivity index (χ3v) is 5.26. The minimum absolute atomic E-state index is 0.0197. The lowest BCUT2D eigenvalue weighted by Crippen LogP contribution is -2.12. The van der Waals surface area contributed by atoms with Crippen LogP contribution in [0.1, 0.15) is 23.6 Å². The monoisotopic (exact) mass is 415 g/mol. The molecule has 1 atom stereocenters. The van der Waals surface area contributed by atoms with Gasteiger partial charge in [-0.15, -0.1) is 0 Å². The van der Waals surface area contributed by atoms with Crippen LogP contribution in [0.5, 0.6) is 11.5 Å². The number of rotatable bonds is 7. The SMILES string of the molecule is COc1cc(/C=C/C(=O)O[C@H](C)C#N)ccc1OS(=O)(=O)c1cc(C)ccc1C.